The van der Waals surface area contributed by atoms with Gasteiger partial charge in [0.1, 0.15) is 0 Å². The molecule has 6 heteroatoms. The van der Waals surface area contributed by atoms with Crippen molar-refractivity contribution in [2.24, 2.45) is 5.92 Å². The number of carbonyl (C=O) groups excluding carboxylic acids is 2. The summed E-state index contributed by atoms with van der Waals surface area (Å²) in [5.41, 5.74) is 0.0609. The second-order valence-corrected chi connectivity index (χ2v) is 4.44. The topological polar surface area (TPSA) is 104 Å². The predicted molar refractivity (Wildman–Crippen MR) is 69.2 cm³/mol. The van der Waals surface area contributed by atoms with E-state index in [-0.39, 0.29) is 17.6 Å². The summed E-state index contributed by atoms with van der Waals surface area (Å²) in [6.45, 7) is 4.70. The summed E-state index contributed by atoms with van der Waals surface area (Å²) in [6, 6.07) is 7.93. The van der Waals surface area contributed by atoms with Gasteiger partial charge in [0.25, 0.3) is 5.97 Å². The van der Waals surface area contributed by atoms with E-state index in [0.29, 0.717) is 0 Å². The van der Waals surface area contributed by atoms with Crippen molar-refractivity contribution in [2.45, 2.75) is 19.3 Å². The van der Waals surface area contributed by atoms with E-state index in [1.807, 2.05) is 0 Å². The molecule has 0 amide bonds. The molecule has 0 bridgehead atoms. The Morgan fingerprint density at radius 1 is 1.25 bits per heavy atom. The maximum absolute atomic E-state index is 11.6. The minimum atomic E-state index is -2.92. The van der Waals surface area contributed by atoms with Crippen LogP contribution in [0.5, 0.6) is 0 Å². The highest BCUT2D eigenvalue weighted by Gasteiger charge is 2.30. The minimum Gasteiger partial charge on any atom is -0.386 e. The lowest BCUT2D eigenvalue weighted by Crippen LogP contribution is -2.36. The van der Waals surface area contributed by atoms with E-state index in [4.69, 9.17) is 15.3 Å². The number of benzene rings is 1. The summed E-state index contributed by atoms with van der Waals surface area (Å²) in [5.74, 6) is -5.79. The first kappa shape index (κ1) is 16.0. The molecule has 0 heterocycles. The van der Waals surface area contributed by atoms with E-state index in [9.17, 15) is 9.59 Å². The van der Waals surface area contributed by atoms with Gasteiger partial charge in [-0.15, -0.1) is 0 Å². The lowest BCUT2D eigenvalue weighted by atomic mass is 10.00. The third kappa shape index (κ3) is 4.58. The Hall–Kier alpha value is -2.02. The zero-order chi connectivity index (χ0) is 15.3. The molecule has 1 aromatic rings. The first-order chi connectivity index (χ1) is 9.21. The van der Waals surface area contributed by atoms with E-state index in [1.54, 1.807) is 18.2 Å². The fourth-order valence-electron chi connectivity index (χ4n) is 1.38. The van der Waals surface area contributed by atoms with Crippen molar-refractivity contribution in [3.63, 3.8) is 0 Å². The normalized spacial score (nSPS) is 12.6. The molecular formula is C14H16O6. The molecule has 0 spiro atoms. The van der Waals surface area contributed by atoms with Crippen LogP contribution in [0.25, 0.3) is 0 Å². The SMILES string of the molecule is C=C(CC(C)C(O)(O)O)C(=O)OC(=O)c1ccccc1. The van der Waals surface area contributed by atoms with Gasteiger partial charge in [0.2, 0.25) is 0 Å². The van der Waals surface area contributed by atoms with Crippen molar-refractivity contribution < 1.29 is 29.6 Å². The molecule has 108 valence electrons. The van der Waals surface area contributed by atoms with Crippen LogP contribution in [0.4, 0.5) is 0 Å². The number of esters is 2. The molecule has 1 atom stereocenters. The summed E-state index contributed by atoms with van der Waals surface area (Å²) in [7, 11) is 0. The average Bonchev–Trinajstić information content (AvgIpc) is 2.38. The van der Waals surface area contributed by atoms with Crippen molar-refractivity contribution in [1.82, 2.24) is 0 Å². The van der Waals surface area contributed by atoms with Crippen molar-refractivity contribution in [2.75, 3.05) is 0 Å². The third-order valence-electron chi connectivity index (χ3n) is 2.70. The highest BCUT2D eigenvalue weighted by atomic mass is 16.7. The molecule has 1 rings (SSSR count). The lowest BCUT2D eigenvalue weighted by molar-refractivity contribution is -0.338. The Labute approximate surface area is 115 Å². The van der Waals surface area contributed by atoms with E-state index < -0.39 is 23.8 Å². The summed E-state index contributed by atoms with van der Waals surface area (Å²) in [5, 5.41) is 26.8. The monoisotopic (exact) mass is 280 g/mol. The molecule has 0 radical (unpaired) electrons. The molecule has 0 fully saturated rings. The van der Waals surface area contributed by atoms with Gasteiger partial charge in [-0.2, -0.15) is 0 Å². The van der Waals surface area contributed by atoms with E-state index in [1.165, 1.54) is 19.1 Å². The van der Waals surface area contributed by atoms with Crippen LogP contribution in [0.3, 0.4) is 0 Å². The molecule has 0 aromatic heterocycles. The van der Waals surface area contributed by atoms with Gasteiger partial charge in [-0.25, -0.2) is 9.59 Å². The molecule has 0 aliphatic rings. The van der Waals surface area contributed by atoms with Crippen LogP contribution < -0.4 is 0 Å². The second kappa shape index (κ2) is 6.42. The van der Waals surface area contributed by atoms with Gasteiger partial charge >= 0.3 is 11.9 Å². The Kier molecular flexibility index (Phi) is 5.15. The zero-order valence-electron chi connectivity index (χ0n) is 10.9. The standard InChI is InChI=1S/C14H16O6/c1-9(8-10(2)14(17,18)19)12(15)20-13(16)11-6-4-3-5-7-11/h3-7,10,17-19H,1,8H2,2H3. The van der Waals surface area contributed by atoms with E-state index in [2.05, 4.69) is 11.3 Å². The Morgan fingerprint density at radius 2 is 1.80 bits per heavy atom. The number of aliphatic hydroxyl groups is 3. The fraction of sp³-hybridized carbons (Fsp3) is 0.286. The Balaban J connectivity index is 2.59. The van der Waals surface area contributed by atoms with Crippen molar-refractivity contribution in [3.05, 3.63) is 48.0 Å². The summed E-state index contributed by atoms with van der Waals surface area (Å²) >= 11 is 0. The minimum absolute atomic E-state index is 0.150. The van der Waals surface area contributed by atoms with Gasteiger partial charge in [-0.05, 0) is 18.6 Å². The quantitative estimate of drug-likeness (QED) is 0.315. The van der Waals surface area contributed by atoms with Gasteiger partial charge in [0.15, 0.2) is 0 Å². The fourth-order valence-corrected chi connectivity index (χ4v) is 1.38. The van der Waals surface area contributed by atoms with Gasteiger partial charge in [-0.1, -0.05) is 31.7 Å². The molecule has 0 aliphatic heterocycles. The molecule has 1 aromatic carbocycles. The largest absolute Gasteiger partial charge is 0.386 e. The number of hydrogen-bond donors (Lipinski definition) is 3. The summed E-state index contributed by atoms with van der Waals surface area (Å²) in [4.78, 5) is 23.2. The highest BCUT2D eigenvalue weighted by molar-refractivity contribution is 6.01. The van der Waals surface area contributed by atoms with E-state index in [0.717, 1.165) is 0 Å². The van der Waals surface area contributed by atoms with E-state index >= 15 is 0 Å². The highest BCUT2D eigenvalue weighted by Crippen LogP contribution is 2.19. The number of hydrogen-bond acceptors (Lipinski definition) is 6. The molecule has 0 saturated carbocycles. The molecule has 20 heavy (non-hydrogen) atoms. The van der Waals surface area contributed by atoms with Gasteiger partial charge in [0, 0.05) is 11.5 Å². The molecule has 3 N–H and O–H groups in total. The van der Waals surface area contributed by atoms with Crippen LogP contribution in [0.1, 0.15) is 23.7 Å². The maximum Gasteiger partial charge on any atom is 0.346 e. The van der Waals surface area contributed by atoms with Crippen LogP contribution in [0.15, 0.2) is 42.5 Å². The average molecular weight is 280 g/mol. The van der Waals surface area contributed by atoms with Gasteiger partial charge in [-0.3, -0.25) is 0 Å². The molecule has 1 unspecified atom stereocenters. The summed E-state index contributed by atoms with van der Waals surface area (Å²) < 4.78 is 4.59. The molecule has 0 saturated heterocycles. The Morgan fingerprint density at radius 3 is 2.30 bits per heavy atom. The van der Waals surface area contributed by atoms with Crippen LogP contribution in [0.2, 0.25) is 0 Å². The van der Waals surface area contributed by atoms with Crippen molar-refractivity contribution >= 4 is 11.9 Å². The third-order valence-corrected chi connectivity index (χ3v) is 2.70. The summed E-state index contributed by atoms with van der Waals surface area (Å²) in [6.07, 6.45) is -0.232. The van der Waals surface area contributed by atoms with Gasteiger partial charge in [0.05, 0.1) is 5.56 Å². The number of carbonyl (C=O) groups is 2. The maximum atomic E-state index is 11.6. The predicted octanol–water partition coefficient (Wildman–Crippen LogP) is 0.583. The van der Waals surface area contributed by atoms with Gasteiger partial charge < -0.3 is 20.1 Å². The number of rotatable bonds is 5. The van der Waals surface area contributed by atoms with Crippen LogP contribution >= 0.6 is 0 Å². The van der Waals surface area contributed by atoms with Crippen LogP contribution in [0, 0.1) is 5.92 Å². The smallest absolute Gasteiger partial charge is 0.346 e. The van der Waals surface area contributed by atoms with Crippen LogP contribution in [-0.4, -0.2) is 33.2 Å². The lowest BCUT2D eigenvalue weighted by Gasteiger charge is -2.22. The van der Waals surface area contributed by atoms with Crippen molar-refractivity contribution in [3.8, 4) is 0 Å². The first-order valence-electron chi connectivity index (χ1n) is 5.88. The number of ether oxygens (including phenoxy) is 1. The zero-order valence-corrected chi connectivity index (χ0v) is 10.9. The van der Waals surface area contributed by atoms with Crippen molar-refractivity contribution in [1.29, 1.82) is 0 Å². The molecular weight excluding hydrogens is 264 g/mol. The molecule has 6 nitrogen and oxygen atoms in total. The first-order valence-corrected chi connectivity index (χ1v) is 5.88. The molecule has 0 aliphatic carbocycles. The van der Waals surface area contributed by atoms with Crippen LogP contribution in [-0.2, 0) is 9.53 Å². The second-order valence-electron chi connectivity index (χ2n) is 4.44. The Bertz CT molecular complexity index is 500.